The summed E-state index contributed by atoms with van der Waals surface area (Å²) in [5.74, 6) is 4.39. The summed E-state index contributed by atoms with van der Waals surface area (Å²) in [5.41, 5.74) is 0.774. The number of hydrogen-bond acceptors (Lipinski definition) is 3. The summed E-state index contributed by atoms with van der Waals surface area (Å²) in [7, 11) is 1.30. The minimum Gasteiger partial charge on any atom is -0.469 e. The molecule has 0 saturated carbocycles. The fourth-order valence-electron chi connectivity index (χ4n) is 1.07. The lowest BCUT2D eigenvalue weighted by atomic mass is 10.2. The highest BCUT2D eigenvalue weighted by atomic mass is 16.5. The first-order chi connectivity index (χ1) is 8.22. The van der Waals surface area contributed by atoms with Crippen LogP contribution in [0.4, 0.5) is 0 Å². The maximum Gasteiger partial charge on any atom is 0.307 e. The van der Waals surface area contributed by atoms with E-state index in [1.807, 2.05) is 30.3 Å². The fraction of sp³-hybridized carbons (Fsp3) is 0.231. The third kappa shape index (κ3) is 5.38. The molecule has 0 atom stereocenters. The van der Waals surface area contributed by atoms with Crippen molar-refractivity contribution in [1.82, 2.24) is 5.32 Å². The first-order valence-corrected chi connectivity index (χ1v) is 5.14. The Morgan fingerprint density at radius 2 is 2.00 bits per heavy atom. The van der Waals surface area contributed by atoms with Gasteiger partial charge in [-0.3, -0.25) is 9.59 Å². The zero-order valence-corrected chi connectivity index (χ0v) is 9.53. The largest absolute Gasteiger partial charge is 0.469 e. The van der Waals surface area contributed by atoms with Crippen LogP contribution in [0.2, 0.25) is 0 Å². The summed E-state index contributed by atoms with van der Waals surface area (Å²) in [6.07, 6.45) is 0.148. The van der Waals surface area contributed by atoms with E-state index in [0.717, 1.165) is 5.56 Å². The molecule has 0 spiro atoms. The molecule has 0 fully saturated rings. The van der Waals surface area contributed by atoms with E-state index in [1.54, 1.807) is 0 Å². The molecule has 0 aliphatic heterocycles. The van der Waals surface area contributed by atoms with Gasteiger partial charge >= 0.3 is 5.97 Å². The van der Waals surface area contributed by atoms with Crippen molar-refractivity contribution in [2.75, 3.05) is 13.7 Å². The molecule has 1 rings (SSSR count). The van der Waals surface area contributed by atoms with Crippen LogP contribution in [0.5, 0.6) is 0 Å². The maximum atomic E-state index is 11.2. The molecule has 0 heterocycles. The van der Waals surface area contributed by atoms with Crippen molar-refractivity contribution in [3.05, 3.63) is 35.9 Å². The second kappa shape index (κ2) is 7.07. The van der Waals surface area contributed by atoms with E-state index in [2.05, 4.69) is 21.9 Å². The molecule has 0 saturated heterocycles. The van der Waals surface area contributed by atoms with Crippen LogP contribution in [-0.2, 0) is 14.3 Å². The molecule has 0 bridgehead atoms. The van der Waals surface area contributed by atoms with E-state index in [1.165, 1.54) is 7.11 Å². The van der Waals surface area contributed by atoms with Crippen molar-refractivity contribution in [3.63, 3.8) is 0 Å². The van der Waals surface area contributed by atoms with Crippen LogP contribution in [0.25, 0.3) is 0 Å². The topological polar surface area (TPSA) is 55.4 Å². The zero-order valence-electron chi connectivity index (χ0n) is 9.53. The number of esters is 1. The quantitative estimate of drug-likeness (QED) is 0.616. The van der Waals surface area contributed by atoms with Crippen LogP contribution in [0.1, 0.15) is 12.0 Å². The third-order valence-corrected chi connectivity index (χ3v) is 1.94. The summed E-state index contributed by atoms with van der Waals surface area (Å²) < 4.78 is 4.44. The molecule has 1 aromatic rings. The number of rotatable bonds is 3. The number of ether oxygens (including phenoxy) is 1. The Hall–Kier alpha value is -2.28. The minimum atomic E-state index is -0.405. The van der Waals surface area contributed by atoms with Gasteiger partial charge in [0.15, 0.2) is 0 Å². The molecule has 0 unspecified atom stereocenters. The molecule has 0 aromatic heterocycles. The van der Waals surface area contributed by atoms with Crippen molar-refractivity contribution in [1.29, 1.82) is 0 Å². The molecule has 17 heavy (non-hydrogen) atoms. The molecule has 0 aliphatic carbocycles. The van der Waals surface area contributed by atoms with Crippen LogP contribution < -0.4 is 5.32 Å². The normalized spacial score (nSPS) is 8.76. The number of carbonyl (C=O) groups excluding carboxylic acids is 2. The molecule has 1 N–H and O–H groups in total. The Morgan fingerprint density at radius 1 is 1.29 bits per heavy atom. The van der Waals surface area contributed by atoms with E-state index in [-0.39, 0.29) is 18.9 Å². The Labute approximate surface area is 100.0 Å². The van der Waals surface area contributed by atoms with Crippen LogP contribution >= 0.6 is 0 Å². The molecule has 88 valence electrons. The van der Waals surface area contributed by atoms with E-state index in [4.69, 9.17) is 0 Å². The fourth-order valence-corrected chi connectivity index (χ4v) is 1.07. The molecule has 0 aliphatic rings. The van der Waals surface area contributed by atoms with Gasteiger partial charge in [0, 0.05) is 18.0 Å². The smallest absolute Gasteiger partial charge is 0.307 e. The van der Waals surface area contributed by atoms with Crippen molar-refractivity contribution >= 4 is 11.9 Å². The lowest BCUT2D eigenvalue weighted by Gasteiger charge is -1.98. The predicted molar refractivity (Wildman–Crippen MR) is 63.0 cm³/mol. The first-order valence-electron chi connectivity index (χ1n) is 5.14. The Bertz CT molecular complexity index is 443. The van der Waals surface area contributed by atoms with E-state index in [9.17, 15) is 9.59 Å². The molecular formula is C13H13NO3. The van der Waals surface area contributed by atoms with Crippen LogP contribution in [0.15, 0.2) is 30.3 Å². The Kier molecular flexibility index (Phi) is 5.32. The van der Waals surface area contributed by atoms with Gasteiger partial charge in [-0.1, -0.05) is 24.1 Å². The molecule has 1 aromatic carbocycles. The number of hydrogen-bond donors (Lipinski definition) is 1. The van der Waals surface area contributed by atoms with E-state index < -0.39 is 5.91 Å². The van der Waals surface area contributed by atoms with Crippen molar-refractivity contribution in [2.24, 2.45) is 0 Å². The highest BCUT2D eigenvalue weighted by Gasteiger charge is 2.00. The molecule has 0 radical (unpaired) electrons. The maximum absolute atomic E-state index is 11.2. The molecule has 1 amide bonds. The van der Waals surface area contributed by atoms with Crippen molar-refractivity contribution < 1.29 is 14.3 Å². The second-order valence-electron chi connectivity index (χ2n) is 3.20. The van der Waals surface area contributed by atoms with Gasteiger partial charge in [0.2, 0.25) is 0 Å². The number of methoxy groups -OCH3 is 1. The second-order valence-corrected chi connectivity index (χ2v) is 3.20. The lowest BCUT2D eigenvalue weighted by molar-refractivity contribution is -0.140. The van der Waals surface area contributed by atoms with Crippen molar-refractivity contribution in [2.45, 2.75) is 6.42 Å². The average molecular weight is 231 g/mol. The highest BCUT2D eigenvalue weighted by molar-refractivity contribution is 5.94. The summed E-state index contributed by atoms with van der Waals surface area (Å²) in [6, 6.07) is 9.20. The van der Waals surface area contributed by atoms with Crippen LogP contribution in [0.3, 0.4) is 0 Å². The summed E-state index contributed by atoms with van der Waals surface area (Å²) in [6.45, 7) is 0.231. The number of carbonyl (C=O) groups is 2. The number of nitrogens with one attached hydrogen (secondary N) is 1. The van der Waals surface area contributed by atoms with Crippen molar-refractivity contribution in [3.8, 4) is 11.8 Å². The highest BCUT2D eigenvalue weighted by Crippen LogP contribution is 1.94. The van der Waals surface area contributed by atoms with Gasteiger partial charge in [0.05, 0.1) is 13.5 Å². The van der Waals surface area contributed by atoms with Crippen LogP contribution in [-0.4, -0.2) is 25.5 Å². The third-order valence-electron chi connectivity index (χ3n) is 1.94. The van der Waals surface area contributed by atoms with E-state index in [0.29, 0.717) is 0 Å². The summed E-state index contributed by atoms with van der Waals surface area (Å²) >= 11 is 0. The van der Waals surface area contributed by atoms with Gasteiger partial charge < -0.3 is 10.1 Å². The van der Waals surface area contributed by atoms with E-state index >= 15 is 0 Å². The average Bonchev–Trinajstić information content (AvgIpc) is 2.37. The minimum absolute atomic E-state index is 0.148. The number of benzene rings is 1. The molecule has 4 nitrogen and oxygen atoms in total. The predicted octanol–water partition coefficient (Wildman–Crippen LogP) is 0.717. The standard InChI is InChI=1S/C13H13NO3/c1-17-13(16)9-10-14-12(15)8-7-11-5-3-2-4-6-11/h2-6H,9-10H2,1H3,(H,14,15). The van der Waals surface area contributed by atoms with Gasteiger partial charge in [-0.05, 0) is 12.1 Å². The summed E-state index contributed by atoms with van der Waals surface area (Å²) in [5, 5.41) is 2.50. The van der Waals surface area contributed by atoms with Crippen LogP contribution in [0, 0.1) is 11.8 Å². The van der Waals surface area contributed by atoms with Gasteiger partial charge in [0.1, 0.15) is 0 Å². The first kappa shape index (κ1) is 12.8. The van der Waals surface area contributed by atoms with Gasteiger partial charge in [-0.25, -0.2) is 0 Å². The Morgan fingerprint density at radius 3 is 2.65 bits per heavy atom. The molecular weight excluding hydrogens is 218 g/mol. The number of amides is 1. The van der Waals surface area contributed by atoms with Gasteiger partial charge in [-0.2, -0.15) is 0 Å². The SMILES string of the molecule is COC(=O)CCNC(=O)C#Cc1ccccc1. The lowest BCUT2D eigenvalue weighted by Crippen LogP contribution is -2.24. The van der Waals surface area contributed by atoms with Gasteiger partial charge in [0.25, 0.3) is 5.91 Å². The Balaban J connectivity index is 2.35. The monoisotopic (exact) mass is 231 g/mol. The molecule has 4 heteroatoms. The summed E-state index contributed by atoms with van der Waals surface area (Å²) in [4.78, 5) is 22.0. The van der Waals surface area contributed by atoms with Gasteiger partial charge in [-0.15, -0.1) is 0 Å². The zero-order chi connectivity index (χ0) is 12.5.